The molecule has 33 heavy (non-hydrogen) atoms. The zero-order valence-corrected chi connectivity index (χ0v) is 20.3. The average molecular weight is 475 g/mol. The Bertz CT molecular complexity index is 635. The molecular weight excluding hydrogens is 436 g/mol. The first-order valence-corrected chi connectivity index (χ1v) is 11.7. The molecule has 1 aliphatic rings. The summed E-state index contributed by atoms with van der Waals surface area (Å²) >= 11 is 0. The topological polar surface area (TPSA) is 124 Å². The zero-order valence-electron chi connectivity index (χ0n) is 20.3. The molecule has 0 N–H and O–H groups in total. The smallest absolute Gasteiger partial charge is 0.306 e. The fraction of sp³-hybridized carbons (Fsp3) is 0.826. The van der Waals surface area contributed by atoms with E-state index >= 15 is 0 Å². The molecular formula is C23H38O10. The predicted molar refractivity (Wildman–Crippen MR) is 116 cm³/mol. The third-order valence-corrected chi connectivity index (χ3v) is 4.85. The quantitative estimate of drug-likeness (QED) is 0.274. The van der Waals surface area contributed by atoms with Gasteiger partial charge >= 0.3 is 23.9 Å². The highest BCUT2D eigenvalue weighted by Crippen LogP contribution is 2.30. The summed E-state index contributed by atoms with van der Waals surface area (Å²) in [6.07, 6.45) is -2.80. The largest absolute Gasteiger partial charge is 0.463 e. The molecule has 0 bridgehead atoms. The fourth-order valence-electron chi connectivity index (χ4n) is 3.30. The Kier molecular flexibility index (Phi) is 13.6. The van der Waals surface area contributed by atoms with Gasteiger partial charge in [-0.15, -0.1) is 0 Å². The third-order valence-electron chi connectivity index (χ3n) is 4.85. The molecule has 190 valence electrons. The summed E-state index contributed by atoms with van der Waals surface area (Å²) in [5.41, 5.74) is 0. The van der Waals surface area contributed by atoms with Gasteiger partial charge in [-0.25, -0.2) is 0 Å². The van der Waals surface area contributed by atoms with E-state index in [0.29, 0.717) is 25.7 Å². The third kappa shape index (κ3) is 9.67. The highest BCUT2D eigenvalue weighted by Gasteiger charge is 2.53. The molecule has 0 aromatic rings. The zero-order chi connectivity index (χ0) is 24.8. The van der Waals surface area contributed by atoms with Crippen molar-refractivity contribution < 1.29 is 47.6 Å². The molecule has 1 rings (SSSR count). The number of rotatable bonds is 14. The standard InChI is InChI=1S/C23H38O10/c1-6-10-16(24)29-14-15-20(31-17(25)11-7-2)21(32-18(26)12-8-3)22(23(28-5)30-15)33-19(27)13-9-4/h15,20-23H,6-14H2,1-5H3/t15-,20-,21+,22+,23+/m1/s1. The second-order valence-corrected chi connectivity index (χ2v) is 7.83. The number of hydrogen-bond donors (Lipinski definition) is 0. The normalized spacial score (nSPS) is 24.6. The summed E-state index contributed by atoms with van der Waals surface area (Å²) < 4.78 is 33.3. The van der Waals surface area contributed by atoms with Crippen LogP contribution in [0.15, 0.2) is 0 Å². The summed E-state index contributed by atoms with van der Waals surface area (Å²) in [6.45, 7) is 7.04. The Balaban J connectivity index is 3.27. The Morgan fingerprint density at radius 2 is 1.06 bits per heavy atom. The van der Waals surface area contributed by atoms with Crippen LogP contribution in [-0.4, -0.2) is 68.3 Å². The molecule has 5 atom stereocenters. The van der Waals surface area contributed by atoms with E-state index in [1.807, 2.05) is 27.7 Å². The van der Waals surface area contributed by atoms with Gasteiger partial charge in [-0.1, -0.05) is 27.7 Å². The van der Waals surface area contributed by atoms with Crippen molar-refractivity contribution in [3.63, 3.8) is 0 Å². The molecule has 1 fully saturated rings. The second-order valence-electron chi connectivity index (χ2n) is 7.83. The molecule has 0 spiro atoms. The first kappa shape index (κ1) is 28.8. The summed E-state index contributed by atoms with van der Waals surface area (Å²) in [5, 5.41) is 0. The maximum Gasteiger partial charge on any atom is 0.306 e. The van der Waals surface area contributed by atoms with Crippen LogP contribution in [0.1, 0.15) is 79.1 Å². The van der Waals surface area contributed by atoms with Crippen LogP contribution < -0.4 is 0 Å². The monoisotopic (exact) mass is 474 g/mol. The van der Waals surface area contributed by atoms with Crippen LogP contribution in [0.2, 0.25) is 0 Å². The van der Waals surface area contributed by atoms with Gasteiger partial charge in [0.2, 0.25) is 0 Å². The molecule has 0 unspecified atom stereocenters. The van der Waals surface area contributed by atoms with Crippen molar-refractivity contribution in [3.05, 3.63) is 0 Å². The van der Waals surface area contributed by atoms with E-state index < -0.39 is 54.6 Å². The van der Waals surface area contributed by atoms with E-state index in [1.54, 1.807) is 0 Å². The first-order valence-electron chi connectivity index (χ1n) is 11.7. The number of esters is 4. The van der Waals surface area contributed by atoms with Crippen molar-refractivity contribution in [1.29, 1.82) is 0 Å². The molecule has 0 saturated carbocycles. The van der Waals surface area contributed by atoms with Gasteiger partial charge in [-0.2, -0.15) is 0 Å². The van der Waals surface area contributed by atoms with Crippen LogP contribution in [-0.2, 0) is 47.6 Å². The summed E-state index contributed by atoms with van der Waals surface area (Å²) in [4.78, 5) is 49.0. The number of carbonyl (C=O) groups is 4. The Labute approximate surface area is 195 Å². The van der Waals surface area contributed by atoms with Gasteiger partial charge < -0.3 is 28.4 Å². The molecule has 0 aromatic heterocycles. The van der Waals surface area contributed by atoms with Crippen LogP contribution in [0, 0.1) is 0 Å². The molecule has 0 aromatic carbocycles. The van der Waals surface area contributed by atoms with Crippen LogP contribution in [0.3, 0.4) is 0 Å². The maximum atomic E-state index is 12.4. The highest BCUT2D eigenvalue weighted by atomic mass is 16.7. The fourth-order valence-corrected chi connectivity index (χ4v) is 3.30. The van der Waals surface area contributed by atoms with Crippen molar-refractivity contribution in [2.75, 3.05) is 13.7 Å². The van der Waals surface area contributed by atoms with E-state index in [-0.39, 0.29) is 32.3 Å². The minimum Gasteiger partial charge on any atom is -0.463 e. The number of methoxy groups -OCH3 is 1. The Morgan fingerprint density at radius 1 is 0.636 bits per heavy atom. The minimum atomic E-state index is -1.20. The van der Waals surface area contributed by atoms with Gasteiger partial charge in [-0.05, 0) is 25.7 Å². The lowest BCUT2D eigenvalue weighted by Gasteiger charge is -2.44. The van der Waals surface area contributed by atoms with Crippen LogP contribution in [0.25, 0.3) is 0 Å². The molecule has 1 aliphatic heterocycles. The van der Waals surface area contributed by atoms with Gasteiger partial charge in [0, 0.05) is 32.8 Å². The van der Waals surface area contributed by atoms with E-state index in [4.69, 9.17) is 28.4 Å². The van der Waals surface area contributed by atoms with Crippen LogP contribution >= 0.6 is 0 Å². The van der Waals surface area contributed by atoms with E-state index in [2.05, 4.69) is 0 Å². The summed E-state index contributed by atoms with van der Waals surface area (Å²) in [7, 11) is 1.35. The molecule has 0 amide bonds. The average Bonchev–Trinajstić information content (AvgIpc) is 2.76. The Hall–Kier alpha value is -2.20. The number of carbonyl (C=O) groups excluding carboxylic acids is 4. The SMILES string of the molecule is CCCC(=O)OC[C@H]1O[C@H](OC)[C@@H](OC(=O)CCC)[C@@H](OC(=O)CCC)[C@@H]1OC(=O)CCC. The number of hydrogen-bond acceptors (Lipinski definition) is 10. The van der Waals surface area contributed by atoms with Gasteiger partial charge in [0.25, 0.3) is 0 Å². The van der Waals surface area contributed by atoms with E-state index in [0.717, 1.165) is 0 Å². The van der Waals surface area contributed by atoms with Gasteiger partial charge in [0.05, 0.1) is 0 Å². The molecule has 10 nitrogen and oxygen atoms in total. The predicted octanol–water partition coefficient (Wildman–Crippen LogP) is 2.84. The van der Waals surface area contributed by atoms with Crippen molar-refractivity contribution in [3.8, 4) is 0 Å². The van der Waals surface area contributed by atoms with Crippen LogP contribution in [0.4, 0.5) is 0 Å². The van der Waals surface area contributed by atoms with Crippen molar-refractivity contribution in [2.45, 2.75) is 110 Å². The molecule has 1 heterocycles. The lowest BCUT2D eigenvalue weighted by molar-refractivity contribution is -0.303. The van der Waals surface area contributed by atoms with Crippen molar-refractivity contribution in [1.82, 2.24) is 0 Å². The summed E-state index contributed by atoms with van der Waals surface area (Å²) in [6, 6.07) is 0. The minimum absolute atomic E-state index is 0.121. The second kappa shape index (κ2) is 15.6. The summed E-state index contributed by atoms with van der Waals surface area (Å²) in [5.74, 6) is -2.06. The Morgan fingerprint density at radius 3 is 1.52 bits per heavy atom. The lowest BCUT2D eigenvalue weighted by atomic mass is 9.98. The maximum absolute atomic E-state index is 12.4. The van der Waals surface area contributed by atoms with Gasteiger partial charge in [0.1, 0.15) is 12.7 Å². The van der Waals surface area contributed by atoms with Crippen molar-refractivity contribution in [2.24, 2.45) is 0 Å². The van der Waals surface area contributed by atoms with Crippen molar-refractivity contribution >= 4 is 23.9 Å². The van der Waals surface area contributed by atoms with Gasteiger partial charge in [0.15, 0.2) is 24.6 Å². The van der Waals surface area contributed by atoms with Gasteiger partial charge in [-0.3, -0.25) is 19.2 Å². The molecule has 1 saturated heterocycles. The first-order chi connectivity index (χ1) is 15.8. The number of ether oxygens (including phenoxy) is 6. The molecule has 0 aliphatic carbocycles. The molecule has 10 heteroatoms. The van der Waals surface area contributed by atoms with E-state index in [9.17, 15) is 19.2 Å². The molecule has 0 radical (unpaired) electrons. The highest BCUT2D eigenvalue weighted by molar-refractivity contribution is 5.72. The lowest BCUT2D eigenvalue weighted by Crippen LogP contribution is -2.63. The van der Waals surface area contributed by atoms with E-state index in [1.165, 1.54) is 7.11 Å². The van der Waals surface area contributed by atoms with Crippen LogP contribution in [0.5, 0.6) is 0 Å².